The molecular weight excluding hydrogens is 362 g/mol. The van der Waals surface area contributed by atoms with Crippen LogP contribution < -0.4 is 15.5 Å². The van der Waals surface area contributed by atoms with Crippen LogP contribution in [0, 0.1) is 13.8 Å². The van der Waals surface area contributed by atoms with E-state index in [0.717, 1.165) is 28.1 Å². The number of anilines is 1. The number of aryl methyl sites for hydroxylation is 2. The molecule has 0 bridgehead atoms. The van der Waals surface area contributed by atoms with E-state index in [2.05, 4.69) is 21.9 Å². The number of nitrogens with zero attached hydrogens (tertiary/aromatic N) is 1. The van der Waals surface area contributed by atoms with Gasteiger partial charge in [0, 0.05) is 5.69 Å². The fraction of sp³-hybridized carbons (Fsp3) is 0.167. The van der Waals surface area contributed by atoms with Gasteiger partial charge in [-0.05, 0) is 60.9 Å². The Labute approximate surface area is 171 Å². The van der Waals surface area contributed by atoms with Crippen LogP contribution in [0.25, 0.3) is 0 Å². The maximum atomic E-state index is 12.0. The molecule has 0 fully saturated rings. The molecule has 0 aromatic heterocycles. The summed E-state index contributed by atoms with van der Waals surface area (Å²) >= 11 is 0. The Balaban J connectivity index is 1.43. The summed E-state index contributed by atoms with van der Waals surface area (Å²) in [7, 11) is 0. The number of carbonyl (C=O) groups is 1. The fourth-order valence-electron chi connectivity index (χ4n) is 2.80. The first-order valence-corrected chi connectivity index (χ1v) is 9.50. The average molecular weight is 387 g/mol. The first-order chi connectivity index (χ1) is 14.1. The van der Waals surface area contributed by atoms with Gasteiger partial charge >= 0.3 is 0 Å². The van der Waals surface area contributed by atoms with E-state index in [4.69, 9.17) is 4.74 Å². The second kappa shape index (κ2) is 10.1. The topological polar surface area (TPSA) is 62.7 Å². The third-order valence-electron chi connectivity index (χ3n) is 4.35. The van der Waals surface area contributed by atoms with Crippen LogP contribution in [-0.4, -0.2) is 18.7 Å². The molecule has 0 aliphatic carbocycles. The molecule has 0 heterocycles. The highest BCUT2D eigenvalue weighted by Crippen LogP contribution is 2.15. The molecule has 1 amide bonds. The molecule has 3 aromatic carbocycles. The van der Waals surface area contributed by atoms with E-state index >= 15 is 0 Å². The molecule has 2 N–H and O–H groups in total. The van der Waals surface area contributed by atoms with Crippen molar-refractivity contribution in [2.75, 3.05) is 11.9 Å². The Bertz CT molecular complexity index is 967. The summed E-state index contributed by atoms with van der Waals surface area (Å²) in [6.07, 6.45) is 1.61. The largest absolute Gasteiger partial charge is 0.489 e. The Hall–Kier alpha value is -3.60. The number of rotatable bonds is 8. The number of carbonyl (C=O) groups excluding carboxylic acids is 1. The molecule has 0 radical (unpaired) electrons. The molecule has 0 spiro atoms. The maximum Gasteiger partial charge on any atom is 0.259 e. The lowest BCUT2D eigenvalue weighted by molar-refractivity contribution is -0.119. The van der Waals surface area contributed by atoms with Crippen molar-refractivity contribution in [3.8, 4) is 5.75 Å². The standard InChI is InChI=1S/C24H25N3O2/c1-18-8-13-23(19(2)14-18)25-16-24(28)27-26-15-20-9-11-22(12-10-20)29-17-21-6-4-3-5-7-21/h3-15,25H,16-17H2,1-2H3,(H,27,28). The van der Waals surface area contributed by atoms with Crippen LogP contribution >= 0.6 is 0 Å². The van der Waals surface area contributed by atoms with Crippen molar-refractivity contribution in [1.82, 2.24) is 5.43 Å². The van der Waals surface area contributed by atoms with Gasteiger partial charge in [-0.3, -0.25) is 4.79 Å². The third-order valence-corrected chi connectivity index (χ3v) is 4.35. The summed E-state index contributed by atoms with van der Waals surface area (Å²) in [6, 6.07) is 23.6. The summed E-state index contributed by atoms with van der Waals surface area (Å²) in [5, 5.41) is 7.13. The lowest BCUT2D eigenvalue weighted by atomic mass is 10.1. The number of hydrazone groups is 1. The molecule has 0 aliphatic rings. The van der Waals surface area contributed by atoms with Crippen LogP contribution in [0.15, 0.2) is 77.9 Å². The van der Waals surface area contributed by atoms with Crippen molar-refractivity contribution in [2.24, 2.45) is 5.10 Å². The second-order valence-corrected chi connectivity index (χ2v) is 6.81. The lowest BCUT2D eigenvalue weighted by Crippen LogP contribution is -2.26. The van der Waals surface area contributed by atoms with E-state index in [9.17, 15) is 4.79 Å². The molecule has 0 unspecified atom stereocenters. The highest BCUT2D eigenvalue weighted by Gasteiger charge is 2.02. The van der Waals surface area contributed by atoms with Gasteiger partial charge in [-0.25, -0.2) is 5.43 Å². The minimum atomic E-state index is -0.205. The van der Waals surface area contributed by atoms with Crippen molar-refractivity contribution >= 4 is 17.8 Å². The van der Waals surface area contributed by atoms with Gasteiger partial charge in [0.2, 0.25) is 0 Å². The van der Waals surface area contributed by atoms with Crippen molar-refractivity contribution in [3.05, 3.63) is 95.1 Å². The van der Waals surface area contributed by atoms with Crippen LogP contribution in [-0.2, 0) is 11.4 Å². The molecule has 5 heteroatoms. The number of hydrogen-bond donors (Lipinski definition) is 2. The maximum absolute atomic E-state index is 12.0. The molecule has 0 saturated heterocycles. The summed E-state index contributed by atoms with van der Waals surface area (Å²) in [5.41, 5.74) is 7.77. The first kappa shape index (κ1) is 20.1. The van der Waals surface area contributed by atoms with Crippen molar-refractivity contribution in [2.45, 2.75) is 20.5 Å². The Morgan fingerprint density at radius 3 is 2.48 bits per heavy atom. The van der Waals surface area contributed by atoms with Gasteiger partial charge in [-0.1, -0.05) is 48.0 Å². The minimum absolute atomic E-state index is 0.160. The monoisotopic (exact) mass is 387 g/mol. The van der Waals surface area contributed by atoms with Crippen LogP contribution in [0.5, 0.6) is 5.75 Å². The molecule has 3 aromatic rings. The molecular formula is C24H25N3O2. The van der Waals surface area contributed by atoms with Crippen molar-refractivity contribution < 1.29 is 9.53 Å². The van der Waals surface area contributed by atoms with Gasteiger partial charge < -0.3 is 10.1 Å². The summed E-state index contributed by atoms with van der Waals surface area (Å²) in [6.45, 7) is 4.74. The predicted octanol–water partition coefficient (Wildman–Crippen LogP) is 4.44. The smallest absolute Gasteiger partial charge is 0.259 e. The van der Waals surface area contributed by atoms with Gasteiger partial charge in [0.15, 0.2) is 0 Å². The quantitative estimate of drug-likeness (QED) is 0.444. The summed E-state index contributed by atoms with van der Waals surface area (Å²) in [5.74, 6) is 0.580. The molecule has 0 atom stereocenters. The van der Waals surface area contributed by atoms with E-state index in [0.29, 0.717) is 6.61 Å². The third kappa shape index (κ3) is 6.50. The zero-order valence-corrected chi connectivity index (χ0v) is 16.7. The highest BCUT2D eigenvalue weighted by atomic mass is 16.5. The number of ether oxygens (including phenoxy) is 1. The number of hydrogen-bond acceptors (Lipinski definition) is 4. The van der Waals surface area contributed by atoms with Crippen molar-refractivity contribution in [3.63, 3.8) is 0 Å². The normalized spacial score (nSPS) is 10.7. The van der Waals surface area contributed by atoms with Gasteiger partial charge in [-0.15, -0.1) is 0 Å². The van der Waals surface area contributed by atoms with E-state index in [1.165, 1.54) is 5.56 Å². The molecule has 3 rings (SSSR count). The molecule has 29 heavy (non-hydrogen) atoms. The predicted molar refractivity (Wildman–Crippen MR) is 117 cm³/mol. The fourth-order valence-corrected chi connectivity index (χ4v) is 2.80. The van der Waals surface area contributed by atoms with Gasteiger partial charge in [-0.2, -0.15) is 5.10 Å². The van der Waals surface area contributed by atoms with Gasteiger partial charge in [0.05, 0.1) is 12.8 Å². The average Bonchev–Trinajstić information content (AvgIpc) is 2.73. The van der Waals surface area contributed by atoms with Gasteiger partial charge in [0.25, 0.3) is 5.91 Å². The SMILES string of the molecule is Cc1ccc(NCC(=O)NN=Cc2ccc(OCc3ccccc3)cc2)c(C)c1. The number of nitrogens with one attached hydrogen (secondary N) is 2. The van der Waals surface area contributed by atoms with E-state index in [1.54, 1.807) is 6.21 Å². The Kier molecular flexibility index (Phi) is 7.00. The van der Waals surface area contributed by atoms with E-state index < -0.39 is 0 Å². The Morgan fingerprint density at radius 2 is 1.76 bits per heavy atom. The molecule has 0 aliphatic heterocycles. The van der Waals surface area contributed by atoms with E-state index in [-0.39, 0.29) is 12.5 Å². The number of amides is 1. The molecule has 5 nitrogen and oxygen atoms in total. The highest BCUT2D eigenvalue weighted by molar-refractivity contribution is 5.84. The van der Waals surface area contributed by atoms with Crippen LogP contribution in [0.2, 0.25) is 0 Å². The summed E-state index contributed by atoms with van der Waals surface area (Å²) < 4.78 is 5.76. The van der Waals surface area contributed by atoms with Crippen LogP contribution in [0.1, 0.15) is 22.3 Å². The number of benzene rings is 3. The zero-order valence-electron chi connectivity index (χ0n) is 16.7. The second-order valence-electron chi connectivity index (χ2n) is 6.81. The van der Waals surface area contributed by atoms with Crippen LogP contribution in [0.3, 0.4) is 0 Å². The minimum Gasteiger partial charge on any atom is -0.489 e. The first-order valence-electron chi connectivity index (χ1n) is 9.50. The van der Waals surface area contributed by atoms with Crippen LogP contribution in [0.4, 0.5) is 5.69 Å². The van der Waals surface area contributed by atoms with Gasteiger partial charge in [0.1, 0.15) is 12.4 Å². The summed E-state index contributed by atoms with van der Waals surface area (Å²) in [4.78, 5) is 12.0. The molecule has 148 valence electrons. The zero-order chi connectivity index (χ0) is 20.5. The Morgan fingerprint density at radius 1 is 1.00 bits per heavy atom. The lowest BCUT2D eigenvalue weighted by Gasteiger charge is -2.09. The van der Waals surface area contributed by atoms with Crippen molar-refractivity contribution in [1.29, 1.82) is 0 Å². The van der Waals surface area contributed by atoms with E-state index in [1.807, 2.05) is 80.6 Å². The molecule has 0 saturated carbocycles.